The van der Waals surface area contributed by atoms with Crippen LogP contribution in [-0.4, -0.2) is 59.1 Å². The van der Waals surface area contributed by atoms with Crippen LogP contribution >= 0.6 is 11.6 Å². The zero-order chi connectivity index (χ0) is 17.5. The van der Waals surface area contributed by atoms with E-state index in [4.69, 9.17) is 25.8 Å². The molecule has 24 heavy (non-hydrogen) atoms. The average Bonchev–Trinajstić information content (AvgIpc) is 2.59. The lowest BCUT2D eigenvalue weighted by Crippen LogP contribution is -2.39. The monoisotopic (exact) mass is 357 g/mol. The van der Waals surface area contributed by atoms with E-state index in [2.05, 4.69) is 15.6 Å². The molecule has 0 unspecified atom stereocenters. The molecular formula is C17H28ClN3O3. The summed E-state index contributed by atoms with van der Waals surface area (Å²) in [5.74, 6) is 1.47. The van der Waals surface area contributed by atoms with E-state index in [0.29, 0.717) is 50.3 Å². The van der Waals surface area contributed by atoms with Gasteiger partial charge in [-0.1, -0.05) is 23.7 Å². The first-order valence-electron chi connectivity index (χ1n) is 8.24. The molecule has 0 aliphatic heterocycles. The molecule has 6 nitrogen and oxygen atoms in total. The van der Waals surface area contributed by atoms with E-state index < -0.39 is 0 Å². The maximum atomic E-state index is 6.04. The minimum absolute atomic E-state index is 0.508. The number of hydrogen-bond donors (Lipinski definition) is 2. The zero-order valence-corrected chi connectivity index (χ0v) is 15.3. The molecule has 0 bridgehead atoms. The van der Waals surface area contributed by atoms with Crippen molar-refractivity contribution in [2.45, 2.75) is 13.3 Å². The topological polar surface area (TPSA) is 64.1 Å². The first-order chi connectivity index (χ1) is 11.8. The van der Waals surface area contributed by atoms with E-state index in [1.165, 1.54) is 0 Å². The Labute approximate surface area is 149 Å². The van der Waals surface area contributed by atoms with Gasteiger partial charge < -0.3 is 24.8 Å². The number of nitrogens with zero attached hydrogens (tertiary/aromatic N) is 1. The highest BCUT2D eigenvalue weighted by atomic mass is 35.5. The van der Waals surface area contributed by atoms with E-state index >= 15 is 0 Å². The molecule has 0 fully saturated rings. The van der Waals surface area contributed by atoms with Crippen molar-refractivity contribution >= 4 is 17.6 Å². The predicted molar refractivity (Wildman–Crippen MR) is 98.2 cm³/mol. The van der Waals surface area contributed by atoms with Gasteiger partial charge in [-0.15, -0.1) is 0 Å². The molecule has 0 atom stereocenters. The second kappa shape index (κ2) is 13.9. The maximum absolute atomic E-state index is 6.04. The minimum atomic E-state index is 0.508. The van der Waals surface area contributed by atoms with Gasteiger partial charge in [-0.3, -0.25) is 4.99 Å². The predicted octanol–water partition coefficient (Wildman–Crippen LogP) is 2.33. The second-order valence-electron chi connectivity index (χ2n) is 4.93. The highest BCUT2D eigenvalue weighted by Crippen LogP contribution is 2.22. The Bertz CT molecular complexity index is 472. The van der Waals surface area contributed by atoms with Gasteiger partial charge in [0.1, 0.15) is 12.4 Å². The van der Waals surface area contributed by atoms with Crippen LogP contribution in [0, 0.1) is 0 Å². The molecule has 0 aliphatic rings. The fourth-order valence-electron chi connectivity index (χ4n) is 1.84. The lowest BCUT2D eigenvalue weighted by molar-refractivity contribution is 0.0702. The van der Waals surface area contributed by atoms with Crippen LogP contribution in [-0.2, 0) is 9.47 Å². The standard InChI is InChI=1S/C17H28ClN3O3/c1-3-19-17(20-9-6-11-23-14-13-22-2)21-10-12-24-16-8-5-4-7-15(16)18/h4-5,7-8H,3,6,9-14H2,1-2H3,(H2,19,20,21). The van der Waals surface area contributed by atoms with Crippen molar-refractivity contribution < 1.29 is 14.2 Å². The summed E-state index contributed by atoms with van der Waals surface area (Å²) in [6.45, 7) is 6.62. The van der Waals surface area contributed by atoms with Crippen molar-refractivity contribution in [1.82, 2.24) is 10.6 Å². The minimum Gasteiger partial charge on any atom is -0.490 e. The summed E-state index contributed by atoms with van der Waals surface area (Å²) >= 11 is 6.04. The molecule has 2 N–H and O–H groups in total. The van der Waals surface area contributed by atoms with Gasteiger partial charge in [-0.25, -0.2) is 0 Å². The summed E-state index contributed by atoms with van der Waals surface area (Å²) in [4.78, 5) is 4.49. The first kappa shape index (κ1) is 20.5. The van der Waals surface area contributed by atoms with Gasteiger partial charge in [0.05, 0.1) is 24.8 Å². The van der Waals surface area contributed by atoms with Gasteiger partial charge >= 0.3 is 0 Å². The van der Waals surface area contributed by atoms with Crippen LogP contribution in [0.5, 0.6) is 5.75 Å². The van der Waals surface area contributed by atoms with Crippen molar-refractivity contribution in [3.8, 4) is 5.75 Å². The third-order valence-corrected chi connectivity index (χ3v) is 3.29. The molecule has 0 spiro atoms. The van der Waals surface area contributed by atoms with Crippen molar-refractivity contribution in [3.63, 3.8) is 0 Å². The molecule has 0 amide bonds. The normalized spacial score (nSPS) is 11.4. The largest absolute Gasteiger partial charge is 0.490 e. The molecular weight excluding hydrogens is 330 g/mol. The molecule has 0 radical (unpaired) electrons. The Kier molecular flexibility index (Phi) is 11.9. The fourth-order valence-corrected chi connectivity index (χ4v) is 2.03. The quantitative estimate of drug-likeness (QED) is 0.341. The van der Waals surface area contributed by atoms with E-state index in [1.54, 1.807) is 7.11 Å². The van der Waals surface area contributed by atoms with Crippen LogP contribution in [0.15, 0.2) is 29.3 Å². The second-order valence-corrected chi connectivity index (χ2v) is 5.33. The molecule has 0 heterocycles. The summed E-state index contributed by atoms with van der Waals surface area (Å²) in [6, 6.07) is 7.44. The van der Waals surface area contributed by atoms with E-state index in [0.717, 1.165) is 18.9 Å². The van der Waals surface area contributed by atoms with Gasteiger partial charge in [0.25, 0.3) is 0 Å². The highest BCUT2D eigenvalue weighted by molar-refractivity contribution is 6.32. The Morgan fingerprint density at radius 3 is 2.71 bits per heavy atom. The molecule has 1 rings (SSSR count). The summed E-state index contributed by atoms with van der Waals surface area (Å²) in [6.07, 6.45) is 0.871. The van der Waals surface area contributed by atoms with Crippen LogP contribution < -0.4 is 15.4 Å². The Morgan fingerprint density at radius 1 is 1.12 bits per heavy atom. The molecule has 0 saturated heterocycles. The zero-order valence-electron chi connectivity index (χ0n) is 14.5. The number of rotatable bonds is 12. The fraction of sp³-hybridized carbons (Fsp3) is 0.588. The van der Waals surface area contributed by atoms with Crippen molar-refractivity contribution in [3.05, 3.63) is 29.3 Å². The Morgan fingerprint density at radius 2 is 1.96 bits per heavy atom. The molecule has 7 heteroatoms. The number of hydrogen-bond acceptors (Lipinski definition) is 4. The summed E-state index contributed by atoms with van der Waals surface area (Å²) in [5.41, 5.74) is 0. The van der Waals surface area contributed by atoms with Gasteiger partial charge in [0.2, 0.25) is 0 Å². The van der Waals surface area contributed by atoms with Gasteiger partial charge in [-0.2, -0.15) is 0 Å². The van der Waals surface area contributed by atoms with E-state index in [1.807, 2.05) is 31.2 Å². The van der Waals surface area contributed by atoms with Crippen LogP contribution in [0.4, 0.5) is 0 Å². The highest BCUT2D eigenvalue weighted by Gasteiger charge is 2.00. The van der Waals surface area contributed by atoms with Crippen molar-refractivity contribution in [1.29, 1.82) is 0 Å². The molecule has 1 aromatic carbocycles. The lowest BCUT2D eigenvalue weighted by atomic mass is 10.3. The van der Waals surface area contributed by atoms with E-state index in [-0.39, 0.29) is 0 Å². The number of ether oxygens (including phenoxy) is 3. The summed E-state index contributed by atoms with van der Waals surface area (Å²) < 4.78 is 16.0. The van der Waals surface area contributed by atoms with Crippen molar-refractivity contribution in [2.24, 2.45) is 4.99 Å². The molecule has 0 aliphatic carbocycles. The van der Waals surface area contributed by atoms with Crippen molar-refractivity contribution in [2.75, 3.05) is 53.2 Å². The van der Waals surface area contributed by atoms with E-state index in [9.17, 15) is 0 Å². The molecule has 136 valence electrons. The third-order valence-electron chi connectivity index (χ3n) is 2.98. The Balaban J connectivity index is 2.20. The first-order valence-corrected chi connectivity index (χ1v) is 8.62. The summed E-state index contributed by atoms with van der Waals surface area (Å²) in [5, 5.41) is 7.05. The number of guanidine groups is 1. The number of nitrogens with one attached hydrogen (secondary N) is 2. The molecule has 0 saturated carbocycles. The van der Waals surface area contributed by atoms with Crippen LogP contribution in [0.1, 0.15) is 13.3 Å². The SMILES string of the molecule is CCNC(=NCCCOCCOC)NCCOc1ccccc1Cl. The van der Waals surface area contributed by atoms with Crippen LogP contribution in [0.2, 0.25) is 5.02 Å². The molecule has 0 aromatic heterocycles. The van der Waals surface area contributed by atoms with Gasteiger partial charge in [0.15, 0.2) is 5.96 Å². The smallest absolute Gasteiger partial charge is 0.191 e. The number of halogens is 1. The van der Waals surface area contributed by atoms with Crippen LogP contribution in [0.3, 0.4) is 0 Å². The number of methoxy groups -OCH3 is 1. The summed E-state index contributed by atoms with van der Waals surface area (Å²) in [7, 11) is 1.66. The number of para-hydroxylation sites is 1. The number of benzene rings is 1. The number of aliphatic imine (C=N–C) groups is 1. The van der Waals surface area contributed by atoms with Gasteiger partial charge in [0, 0.05) is 26.8 Å². The van der Waals surface area contributed by atoms with Gasteiger partial charge in [-0.05, 0) is 25.5 Å². The Hall–Kier alpha value is -1.50. The third kappa shape index (κ3) is 9.60. The lowest BCUT2D eigenvalue weighted by Gasteiger charge is -2.12. The average molecular weight is 358 g/mol. The maximum Gasteiger partial charge on any atom is 0.191 e. The van der Waals surface area contributed by atoms with Crippen LogP contribution in [0.25, 0.3) is 0 Å². The molecule has 1 aromatic rings.